The van der Waals surface area contributed by atoms with Crippen LogP contribution in [-0.2, 0) is 41.9 Å². The van der Waals surface area contributed by atoms with E-state index in [1.807, 2.05) is 40.2 Å². The maximum absolute atomic E-state index is 14.1. The van der Waals surface area contributed by atoms with Crippen molar-refractivity contribution in [2.75, 3.05) is 97.0 Å². The van der Waals surface area contributed by atoms with Crippen LogP contribution in [0.25, 0.3) is 0 Å². The number of benzene rings is 2. The van der Waals surface area contributed by atoms with Gasteiger partial charge in [-0.25, -0.2) is 22.0 Å². The van der Waals surface area contributed by atoms with E-state index < -0.39 is 38.6 Å². The third-order valence-electron chi connectivity index (χ3n) is 8.71. The molecule has 2 heterocycles. The molecule has 0 fully saturated rings. The minimum atomic E-state index is -4.41. The van der Waals surface area contributed by atoms with Crippen molar-refractivity contribution < 1.29 is 45.7 Å². The standard InChI is InChI=1S/C35H49F2N7O8S/c1-23(22-50-7)38-31-19-27(42(5)20-24(2)41(3)4)8-9-29(31)34(45)39-33-30-21-43(53(47,48)28-17-25(36)16-26(37)18-28)11-10-32(30)44(40-33)35(46)52-15-14-51-13-12-49-6/h8-9,16-19,23-24,38H,10-15,20-22H2,1-7H3,(H,39,40,45). The lowest BCUT2D eigenvalue weighted by Gasteiger charge is -2.28. The second-order valence-corrected chi connectivity index (χ2v) is 14.9. The molecule has 2 atom stereocenters. The Morgan fingerprint density at radius 3 is 2.34 bits per heavy atom. The molecule has 18 heteroatoms. The summed E-state index contributed by atoms with van der Waals surface area (Å²) in [5.74, 6) is -2.78. The van der Waals surface area contributed by atoms with Crippen molar-refractivity contribution in [3.8, 4) is 0 Å². The Labute approximate surface area is 309 Å². The van der Waals surface area contributed by atoms with Crippen LogP contribution < -0.4 is 15.5 Å². The number of sulfonamides is 1. The van der Waals surface area contributed by atoms with Crippen LogP contribution in [0.4, 0.5) is 30.8 Å². The van der Waals surface area contributed by atoms with Gasteiger partial charge in [-0.05, 0) is 58.3 Å². The molecule has 15 nitrogen and oxygen atoms in total. The molecule has 1 aromatic heterocycles. The molecule has 2 aromatic carbocycles. The van der Waals surface area contributed by atoms with E-state index in [0.29, 0.717) is 43.8 Å². The summed E-state index contributed by atoms with van der Waals surface area (Å²) in [6, 6.07) is 7.44. The van der Waals surface area contributed by atoms with Crippen molar-refractivity contribution in [1.82, 2.24) is 19.0 Å². The van der Waals surface area contributed by atoms with Crippen molar-refractivity contribution in [3.05, 3.63) is 64.9 Å². The van der Waals surface area contributed by atoms with Crippen LogP contribution in [0.5, 0.6) is 0 Å². The smallest absolute Gasteiger partial charge is 0.435 e. The molecule has 0 saturated heterocycles. The molecule has 1 amide bonds. The molecule has 0 spiro atoms. The van der Waals surface area contributed by atoms with Gasteiger partial charge < -0.3 is 39.4 Å². The van der Waals surface area contributed by atoms with E-state index in [0.717, 1.165) is 26.8 Å². The van der Waals surface area contributed by atoms with E-state index in [4.69, 9.17) is 18.9 Å². The zero-order valence-electron chi connectivity index (χ0n) is 31.1. The molecule has 0 aliphatic carbocycles. The molecule has 2 unspecified atom stereocenters. The summed E-state index contributed by atoms with van der Waals surface area (Å²) in [6.07, 6.45) is -0.890. The lowest BCUT2D eigenvalue weighted by atomic mass is 10.1. The van der Waals surface area contributed by atoms with Crippen LogP contribution in [0, 0.1) is 11.6 Å². The monoisotopic (exact) mass is 765 g/mol. The Balaban J connectivity index is 1.68. The summed E-state index contributed by atoms with van der Waals surface area (Å²) in [7, 11) is 4.66. The fourth-order valence-electron chi connectivity index (χ4n) is 5.65. The van der Waals surface area contributed by atoms with Crippen molar-refractivity contribution in [2.45, 2.75) is 43.8 Å². The highest BCUT2D eigenvalue weighted by molar-refractivity contribution is 7.89. The number of halogens is 2. The Morgan fingerprint density at radius 1 is 0.981 bits per heavy atom. The molecule has 1 aliphatic heterocycles. The Kier molecular flexibility index (Phi) is 14.7. The van der Waals surface area contributed by atoms with Crippen molar-refractivity contribution in [1.29, 1.82) is 0 Å². The third kappa shape index (κ3) is 10.7. The van der Waals surface area contributed by atoms with Gasteiger partial charge in [-0.1, -0.05) is 0 Å². The fourth-order valence-corrected chi connectivity index (χ4v) is 7.11. The number of likely N-dealkylation sites (N-methyl/N-ethyl adjacent to an activating group) is 2. The van der Waals surface area contributed by atoms with Crippen molar-refractivity contribution in [3.63, 3.8) is 0 Å². The van der Waals surface area contributed by atoms with E-state index in [-0.39, 0.29) is 61.8 Å². The number of carbonyl (C=O) groups excluding carboxylic acids is 2. The molecule has 53 heavy (non-hydrogen) atoms. The summed E-state index contributed by atoms with van der Waals surface area (Å²) in [5.41, 5.74) is 2.14. The van der Waals surface area contributed by atoms with Gasteiger partial charge >= 0.3 is 6.09 Å². The predicted molar refractivity (Wildman–Crippen MR) is 195 cm³/mol. The third-order valence-corrected chi connectivity index (χ3v) is 10.5. The Hall–Kier alpha value is -4.20. The van der Waals surface area contributed by atoms with Crippen LogP contribution in [0.15, 0.2) is 41.3 Å². The molecule has 0 bridgehead atoms. The second-order valence-electron chi connectivity index (χ2n) is 13.0. The first-order valence-corrected chi connectivity index (χ1v) is 18.5. The lowest BCUT2D eigenvalue weighted by Crippen LogP contribution is -2.37. The van der Waals surface area contributed by atoms with Crippen LogP contribution in [0.1, 0.15) is 35.5 Å². The summed E-state index contributed by atoms with van der Waals surface area (Å²) in [6.45, 7) is 5.23. The number of amides is 1. The Bertz CT molecular complexity index is 1820. The topological polar surface area (TPSA) is 157 Å². The summed E-state index contributed by atoms with van der Waals surface area (Å²) >= 11 is 0. The minimum Gasteiger partial charge on any atom is -0.445 e. The highest BCUT2D eigenvalue weighted by atomic mass is 32.2. The summed E-state index contributed by atoms with van der Waals surface area (Å²) in [4.78, 5) is 30.9. The molecule has 0 saturated carbocycles. The number of ether oxygens (including phenoxy) is 4. The minimum absolute atomic E-state index is 0.0254. The van der Waals surface area contributed by atoms with E-state index in [1.165, 1.54) is 7.11 Å². The van der Waals surface area contributed by atoms with Crippen molar-refractivity contribution >= 4 is 39.2 Å². The molecular weight excluding hydrogens is 716 g/mol. The van der Waals surface area contributed by atoms with Gasteiger partial charge in [0.1, 0.15) is 18.2 Å². The number of rotatable bonds is 18. The number of nitrogens with zero attached hydrogens (tertiary/aromatic N) is 5. The first-order valence-electron chi connectivity index (χ1n) is 17.1. The van der Waals surface area contributed by atoms with Gasteiger partial charge in [0.25, 0.3) is 5.91 Å². The highest BCUT2D eigenvalue weighted by Gasteiger charge is 2.35. The first kappa shape index (κ1) is 41.6. The zero-order chi connectivity index (χ0) is 38.9. The van der Waals surface area contributed by atoms with E-state index in [1.54, 1.807) is 13.2 Å². The second kappa shape index (κ2) is 18.7. The average Bonchev–Trinajstić information content (AvgIpc) is 3.46. The van der Waals surface area contributed by atoms with E-state index in [2.05, 4.69) is 32.5 Å². The molecule has 1 aliphatic rings. The number of anilines is 3. The van der Waals surface area contributed by atoms with Crippen LogP contribution in [0.2, 0.25) is 0 Å². The number of methoxy groups -OCH3 is 2. The number of fused-ring (bicyclic) bond motifs is 1. The molecule has 3 aromatic rings. The van der Waals surface area contributed by atoms with Gasteiger partial charge in [-0.15, -0.1) is 5.10 Å². The lowest BCUT2D eigenvalue weighted by molar-refractivity contribution is 0.0417. The molecule has 292 valence electrons. The normalized spacial score (nSPS) is 14.5. The fraction of sp³-hybridized carbons (Fsp3) is 0.514. The number of hydrogen-bond donors (Lipinski definition) is 2. The van der Waals surface area contributed by atoms with Gasteiger partial charge in [-0.3, -0.25) is 4.79 Å². The van der Waals surface area contributed by atoms with Gasteiger partial charge in [0.15, 0.2) is 5.82 Å². The molecule has 2 N–H and O–H groups in total. The van der Waals surface area contributed by atoms with Crippen molar-refractivity contribution in [2.24, 2.45) is 0 Å². The van der Waals surface area contributed by atoms with Gasteiger partial charge in [0.2, 0.25) is 10.0 Å². The number of carbonyl (C=O) groups is 2. The first-order chi connectivity index (χ1) is 25.2. The number of aromatic nitrogens is 2. The predicted octanol–water partition coefficient (Wildman–Crippen LogP) is 3.64. The zero-order valence-corrected chi connectivity index (χ0v) is 32.0. The largest absolute Gasteiger partial charge is 0.445 e. The van der Waals surface area contributed by atoms with Crippen LogP contribution in [0.3, 0.4) is 0 Å². The van der Waals surface area contributed by atoms with Crippen LogP contribution >= 0.6 is 0 Å². The van der Waals surface area contributed by atoms with Crippen LogP contribution in [-0.4, -0.2) is 133 Å². The SMILES string of the molecule is COCCOCCOC(=O)n1nc(NC(=O)c2ccc(N(C)CC(C)N(C)C)cc2NC(C)COC)c2c1CCN(S(=O)(=O)c1cc(F)cc(F)c1)C2. The molecular formula is C35H49F2N7O8S. The molecule has 0 radical (unpaired) electrons. The maximum atomic E-state index is 14.1. The Morgan fingerprint density at radius 2 is 1.68 bits per heavy atom. The highest BCUT2D eigenvalue weighted by Crippen LogP contribution is 2.32. The maximum Gasteiger partial charge on any atom is 0.435 e. The quantitative estimate of drug-likeness (QED) is 0.182. The van der Waals surface area contributed by atoms with E-state index in [9.17, 15) is 26.8 Å². The average molecular weight is 766 g/mol. The summed E-state index contributed by atoms with van der Waals surface area (Å²) < 4.78 is 78.2. The van der Waals surface area contributed by atoms with Gasteiger partial charge in [0.05, 0.1) is 42.6 Å². The number of hydrogen-bond acceptors (Lipinski definition) is 12. The van der Waals surface area contributed by atoms with Gasteiger partial charge in [-0.2, -0.15) is 8.99 Å². The van der Waals surface area contributed by atoms with Gasteiger partial charge in [0, 0.05) is 82.4 Å². The molecule has 4 rings (SSSR count). The number of nitrogens with one attached hydrogen (secondary N) is 2. The summed E-state index contributed by atoms with van der Waals surface area (Å²) in [5, 5.41) is 10.5. The van der Waals surface area contributed by atoms with E-state index >= 15 is 0 Å².